The quantitative estimate of drug-likeness (QED) is 0.430. The molecule has 4 N–H and O–H groups in total. The van der Waals surface area contributed by atoms with Crippen LogP contribution in [0, 0.1) is 5.41 Å². The lowest BCUT2D eigenvalue weighted by Gasteiger charge is -2.42. The topological polar surface area (TPSA) is 105 Å². The van der Waals surface area contributed by atoms with Crippen LogP contribution < -0.4 is 16.4 Å². The molecule has 2 aromatic rings. The summed E-state index contributed by atoms with van der Waals surface area (Å²) >= 11 is 1.61. The fraction of sp³-hybridized carbons (Fsp3) is 0.536. The average Bonchev–Trinajstić information content (AvgIpc) is 3.38. The van der Waals surface area contributed by atoms with Gasteiger partial charge in [0.15, 0.2) is 0 Å². The second-order valence-electron chi connectivity index (χ2n) is 10.4. The molecule has 4 rings (SSSR count). The van der Waals surface area contributed by atoms with Gasteiger partial charge in [0.05, 0.1) is 11.5 Å². The van der Waals surface area contributed by atoms with Crippen molar-refractivity contribution in [1.82, 2.24) is 10.2 Å². The Morgan fingerprint density at radius 3 is 2.32 bits per heavy atom. The highest BCUT2D eigenvalue weighted by Gasteiger charge is 2.43. The number of amides is 3. The third-order valence-corrected chi connectivity index (χ3v) is 8.49. The number of carbonyl (C=O) groups is 3. The number of rotatable bonds is 8. The van der Waals surface area contributed by atoms with E-state index < -0.39 is 11.5 Å². The van der Waals surface area contributed by atoms with E-state index >= 15 is 0 Å². The molecular weight excluding hydrogens is 540 g/mol. The largest absolute Gasteiger partial charge is 0.353 e. The van der Waals surface area contributed by atoms with Gasteiger partial charge in [-0.05, 0) is 61.2 Å². The number of anilines is 1. The van der Waals surface area contributed by atoms with Crippen LogP contribution in [0.4, 0.5) is 5.69 Å². The van der Waals surface area contributed by atoms with Gasteiger partial charge in [-0.2, -0.15) is 13.5 Å². The number of halogens is 1. The van der Waals surface area contributed by atoms with Gasteiger partial charge < -0.3 is 21.3 Å². The van der Waals surface area contributed by atoms with Crippen molar-refractivity contribution in [3.05, 3.63) is 52.2 Å². The van der Waals surface area contributed by atoms with Gasteiger partial charge in [0, 0.05) is 43.0 Å². The molecule has 0 bridgehead atoms. The van der Waals surface area contributed by atoms with Crippen molar-refractivity contribution < 1.29 is 14.4 Å². The summed E-state index contributed by atoms with van der Waals surface area (Å²) in [5.41, 5.74) is 7.50. The van der Waals surface area contributed by atoms with Gasteiger partial charge in [-0.3, -0.25) is 14.4 Å². The Kier molecular flexibility index (Phi) is 12.6. The van der Waals surface area contributed by atoms with Crippen molar-refractivity contribution in [1.29, 1.82) is 0 Å². The molecule has 1 aliphatic heterocycles. The minimum atomic E-state index is -0.568. The van der Waals surface area contributed by atoms with E-state index in [1.54, 1.807) is 11.3 Å². The summed E-state index contributed by atoms with van der Waals surface area (Å²) in [6.45, 7) is 2.54. The number of nitrogens with two attached hydrogens (primary N) is 1. The first kappa shape index (κ1) is 32.1. The van der Waals surface area contributed by atoms with Gasteiger partial charge in [0.1, 0.15) is 0 Å². The summed E-state index contributed by atoms with van der Waals surface area (Å²) in [6, 6.07) is 11.4. The number of piperidine rings is 1. The molecule has 0 unspecified atom stereocenters. The number of carbonyl (C=O) groups excluding carboxylic acids is 3. The maximum atomic E-state index is 13.7. The summed E-state index contributed by atoms with van der Waals surface area (Å²) < 4.78 is 0. The van der Waals surface area contributed by atoms with Crippen molar-refractivity contribution in [2.24, 2.45) is 11.1 Å². The predicted octanol–water partition coefficient (Wildman–Crippen LogP) is 4.41. The number of likely N-dealkylation sites (tertiary alicyclic amines) is 1. The van der Waals surface area contributed by atoms with Crippen LogP contribution in [0.5, 0.6) is 0 Å². The van der Waals surface area contributed by atoms with Gasteiger partial charge in [-0.1, -0.05) is 37.5 Å². The van der Waals surface area contributed by atoms with Gasteiger partial charge >= 0.3 is 0 Å². The fourth-order valence-corrected chi connectivity index (χ4v) is 6.26. The van der Waals surface area contributed by atoms with Crippen molar-refractivity contribution in [3.63, 3.8) is 0 Å². The van der Waals surface area contributed by atoms with Crippen LogP contribution in [-0.4, -0.2) is 47.8 Å². The van der Waals surface area contributed by atoms with Crippen LogP contribution in [0.3, 0.4) is 0 Å². The highest BCUT2D eigenvalue weighted by Crippen LogP contribution is 2.37. The van der Waals surface area contributed by atoms with E-state index in [-0.39, 0.29) is 49.7 Å². The van der Waals surface area contributed by atoms with E-state index in [1.165, 1.54) is 13.3 Å². The standard InChI is InChI=1S/C28H38N4O3S.ClH.H2S/c1-20(33)30-23-11-9-21(10-12-23)19-28(27(35)31-22-6-3-2-4-7-22)13-15-32(16-14-28)26(34)25(29)18-24-8-5-17-36-24;;/h5,8-12,17,22,25H,2-4,6-7,13-16,18-19,29H2,1H3,(H,30,33)(H,31,35);1H;1H2/t25-;;/m0../s1. The van der Waals surface area contributed by atoms with Crippen LogP contribution in [0.2, 0.25) is 0 Å². The summed E-state index contributed by atoms with van der Waals surface area (Å²) in [5, 5.41) is 8.15. The van der Waals surface area contributed by atoms with Gasteiger partial charge in [0.25, 0.3) is 0 Å². The molecular formula is C28H41ClN4O3S2. The second kappa shape index (κ2) is 14.9. The van der Waals surface area contributed by atoms with Crippen molar-refractivity contribution in [2.75, 3.05) is 18.4 Å². The Balaban J connectivity index is 0.00000253. The van der Waals surface area contributed by atoms with E-state index in [1.807, 2.05) is 46.7 Å². The van der Waals surface area contributed by atoms with Gasteiger partial charge in [0.2, 0.25) is 17.7 Å². The molecule has 2 fully saturated rings. The Morgan fingerprint density at radius 2 is 1.74 bits per heavy atom. The molecule has 1 aromatic carbocycles. The summed E-state index contributed by atoms with van der Waals surface area (Å²) in [5.74, 6) is -0.0416. The maximum absolute atomic E-state index is 13.7. The molecule has 1 aromatic heterocycles. The van der Waals surface area contributed by atoms with E-state index in [9.17, 15) is 14.4 Å². The number of thiophene rings is 1. The maximum Gasteiger partial charge on any atom is 0.239 e. The average molecular weight is 581 g/mol. The number of hydrogen-bond acceptors (Lipinski definition) is 5. The van der Waals surface area contributed by atoms with E-state index in [0.29, 0.717) is 38.8 Å². The highest BCUT2D eigenvalue weighted by molar-refractivity contribution is 7.59. The van der Waals surface area contributed by atoms with Crippen LogP contribution in [0.15, 0.2) is 41.8 Å². The summed E-state index contributed by atoms with van der Waals surface area (Å²) in [6.07, 6.45) is 7.99. The first-order valence-corrected chi connectivity index (χ1v) is 14.0. The lowest BCUT2D eigenvalue weighted by atomic mass is 9.72. The molecule has 7 nitrogen and oxygen atoms in total. The molecule has 1 atom stereocenters. The molecule has 38 heavy (non-hydrogen) atoms. The predicted molar refractivity (Wildman–Crippen MR) is 161 cm³/mol. The number of benzene rings is 1. The Bertz CT molecular complexity index is 1030. The molecule has 1 saturated carbocycles. The van der Waals surface area contributed by atoms with E-state index in [4.69, 9.17) is 5.73 Å². The normalized spacial score (nSPS) is 17.9. The third kappa shape index (κ3) is 8.46. The highest BCUT2D eigenvalue weighted by atomic mass is 35.5. The number of nitrogens with one attached hydrogen (secondary N) is 2. The van der Waals surface area contributed by atoms with Gasteiger partial charge in [-0.15, -0.1) is 23.7 Å². The fourth-order valence-electron chi connectivity index (χ4n) is 5.49. The SMILES string of the molecule is CC(=O)Nc1ccc(CC2(C(=O)NC3CCCCC3)CCN(C(=O)[C@@H](N)Cc3cccs3)CC2)cc1.Cl.S. The van der Waals surface area contributed by atoms with Crippen molar-refractivity contribution in [2.45, 2.75) is 76.8 Å². The van der Waals surface area contributed by atoms with Crippen LogP contribution >= 0.6 is 37.2 Å². The van der Waals surface area contributed by atoms with Crippen LogP contribution in [0.1, 0.15) is 62.3 Å². The van der Waals surface area contributed by atoms with Crippen molar-refractivity contribution in [3.8, 4) is 0 Å². The molecule has 2 aliphatic rings. The summed E-state index contributed by atoms with van der Waals surface area (Å²) in [7, 11) is 0. The molecule has 0 radical (unpaired) electrons. The zero-order valence-corrected chi connectivity index (χ0v) is 24.7. The van der Waals surface area contributed by atoms with Crippen LogP contribution in [0.25, 0.3) is 0 Å². The zero-order valence-electron chi connectivity index (χ0n) is 22.0. The van der Waals surface area contributed by atoms with E-state index in [2.05, 4.69) is 10.6 Å². The summed E-state index contributed by atoms with van der Waals surface area (Å²) in [4.78, 5) is 41.1. The number of nitrogens with zero attached hydrogens (tertiary/aromatic N) is 1. The lowest BCUT2D eigenvalue weighted by molar-refractivity contribution is -0.141. The molecule has 210 valence electrons. The molecule has 1 aliphatic carbocycles. The zero-order chi connectivity index (χ0) is 25.5. The number of hydrogen-bond donors (Lipinski definition) is 3. The monoisotopic (exact) mass is 580 g/mol. The van der Waals surface area contributed by atoms with E-state index in [0.717, 1.165) is 41.8 Å². The minimum absolute atomic E-state index is 0. The smallest absolute Gasteiger partial charge is 0.239 e. The molecule has 0 spiro atoms. The molecule has 2 heterocycles. The minimum Gasteiger partial charge on any atom is -0.353 e. The first-order chi connectivity index (χ1) is 17.3. The molecule has 3 amide bonds. The Labute approximate surface area is 243 Å². The Morgan fingerprint density at radius 1 is 1.08 bits per heavy atom. The second-order valence-corrected chi connectivity index (χ2v) is 11.4. The van der Waals surface area contributed by atoms with Gasteiger partial charge in [-0.25, -0.2) is 0 Å². The molecule has 10 heteroatoms. The lowest BCUT2D eigenvalue weighted by Crippen LogP contribution is -2.55. The third-order valence-electron chi connectivity index (χ3n) is 7.59. The first-order valence-electron chi connectivity index (χ1n) is 13.1. The van der Waals surface area contributed by atoms with Crippen molar-refractivity contribution >= 4 is 60.6 Å². The Hall–Kier alpha value is -2.07. The van der Waals surface area contributed by atoms with Crippen LogP contribution in [-0.2, 0) is 27.2 Å². The molecule has 1 saturated heterocycles.